The number of amides is 1. The average Bonchev–Trinajstić information content (AvgIpc) is 3.30. The number of anilines is 1. The number of hydrogen-bond donors (Lipinski definition) is 1. The number of rotatable bonds is 6. The van der Waals surface area contributed by atoms with Crippen LogP contribution in [0.4, 0.5) is 5.69 Å². The molecule has 3 aromatic rings. The summed E-state index contributed by atoms with van der Waals surface area (Å²) in [4.78, 5) is 27.6. The van der Waals surface area contributed by atoms with Crippen molar-refractivity contribution in [3.05, 3.63) is 77.6 Å². The Morgan fingerprint density at radius 3 is 2.46 bits per heavy atom. The monoisotopic (exact) mass is 487 g/mol. The molecule has 1 N–H and O–H groups in total. The largest absolute Gasteiger partial charge is 0.461 e. The number of para-hydroxylation sites is 1. The molecule has 2 heterocycles. The molecule has 2 atom stereocenters. The molecule has 178 valence electrons. The van der Waals surface area contributed by atoms with Gasteiger partial charge in [0.1, 0.15) is 11.2 Å². The second kappa shape index (κ2) is 10.1. The van der Waals surface area contributed by atoms with Crippen molar-refractivity contribution in [1.82, 2.24) is 15.1 Å². The summed E-state index contributed by atoms with van der Waals surface area (Å²) < 4.78 is 6.82. The highest BCUT2D eigenvalue weighted by Crippen LogP contribution is 2.34. The van der Waals surface area contributed by atoms with E-state index in [9.17, 15) is 14.9 Å². The van der Waals surface area contributed by atoms with E-state index < -0.39 is 24.0 Å². The van der Waals surface area contributed by atoms with Gasteiger partial charge in [-0.1, -0.05) is 56.4 Å². The lowest BCUT2D eigenvalue weighted by atomic mass is 9.99. The Hall–Kier alpha value is -4.03. The molecule has 1 aromatic heterocycles. The molecule has 1 saturated heterocycles. The van der Waals surface area contributed by atoms with Crippen molar-refractivity contribution in [1.29, 1.82) is 5.26 Å². The lowest BCUT2D eigenvalue weighted by molar-refractivity contribution is -0.123. The molecule has 2 aromatic carbocycles. The zero-order valence-corrected chi connectivity index (χ0v) is 20.5. The van der Waals surface area contributed by atoms with Gasteiger partial charge >= 0.3 is 5.97 Å². The molecule has 0 unspecified atom stereocenters. The van der Waals surface area contributed by atoms with Crippen LogP contribution in [0.3, 0.4) is 0 Å². The van der Waals surface area contributed by atoms with Crippen molar-refractivity contribution >= 4 is 34.8 Å². The minimum absolute atomic E-state index is 0.0583. The van der Waals surface area contributed by atoms with E-state index in [1.165, 1.54) is 0 Å². The number of carbonyl (C=O) groups is 2. The molecule has 35 heavy (non-hydrogen) atoms. The minimum Gasteiger partial charge on any atom is -0.461 e. The maximum atomic E-state index is 12.9. The van der Waals surface area contributed by atoms with Gasteiger partial charge in [-0.15, -0.1) is 0 Å². The molecule has 1 aliphatic rings. The van der Waals surface area contributed by atoms with E-state index in [1.54, 1.807) is 22.7 Å². The Bertz CT molecular complexity index is 1290. The maximum Gasteiger partial charge on any atom is 0.359 e. The van der Waals surface area contributed by atoms with Crippen LogP contribution in [-0.4, -0.2) is 33.3 Å². The number of nitrogens with one attached hydrogen (secondary N) is 1. The van der Waals surface area contributed by atoms with Gasteiger partial charge in [-0.2, -0.15) is 10.4 Å². The SMILES string of the molecule is CCOC(=O)c1nn(-c2ccccc2)cc1[C@@H]1NC(=O)[C@@H](C#N)C(=S)N1c1ccc(C(C)C)cc1. The van der Waals surface area contributed by atoms with Gasteiger partial charge in [0.05, 0.1) is 18.4 Å². The van der Waals surface area contributed by atoms with Gasteiger partial charge in [-0.05, 0) is 42.7 Å². The molecular weight excluding hydrogens is 462 g/mol. The van der Waals surface area contributed by atoms with Crippen LogP contribution in [-0.2, 0) is 9.53 Å². The van der Waals surface area contributed by atoms with E-state index in [0.717, 1.165) is 11.3 Å². The highest BCUT2D eigenvalue weighted by molar-refractivity contribution is 7.80. The van der Waals surface area contributed by atoms with Crippen molar-refractivity contribution in [2.24, 2.45) is 5.92 Å². The first kappa shape index (κ1) is 24.1. The summed E-state index contributed by atoms with van der Waals surface area (Å²) >= 11 is 5.63. The Labute approximate surface area is 209 Å². The molecule has 0 spiro atoms. The van der Waals surface area contributed by atoms with E-state index >= 15 is 0 Å². The second-order valence-corrected chi connectivity index (χ2v) is 8.78. The first-order valence-electron chi connectivity index (χ1n) is 11.3. The third-order valence-corrected chi connectivity index (χ3v) is 6.21. The number of hydrogen-bond acceptors (Lipinski definition) is 6. The van der Waals surface area contributed by atoms with Gasteiger partial charge in [0.2, 0.25) is 5.91 Å². The van der Waals surface area contributed by atoms with Gasteiger partial charge in [-0.25, -0.2) is 9.48 Å². The molecule has 4 rings (SSSR count). The molecule has 0 bridgehead atoms. The first-order valence-corrected chi connectivity index (χ1v) is 11.7. The Balaban J connectivity index is 1.86. The first-order chi connectivity index (χ1) is 16.8. The third kappa shape index (κ3) is 4.66. The predicted octanol–water partition coefficient (Wildman–Crippen LogP) is 4.27. The van der Waals surface area contributed by atoms with Gasteiger partial charge in [-0.3, -0.25) is 4.79 Å². The maximum absolute atomic E-state index is 12.9. The fourth-order valence-corrected chi connectivity index (χ4v) is 4.32. The number of thiocarbonyl (C=S) groups is 1. The molecule has 1 aliphatic heterocycles. The number of ether oxygens (including phenoxy) is 1. The van der Waals surface area contributed by atoms with Crippen LogP contribution in [0.25, 0.3) is 5.69 Å². The lowest BCUT2D eigenvalue weighted by Gasteiger charge is -2.39. The number of carbonyl (C=O) groups excluding carboxylic acids is 2. The molecule has 0 saturated carbocycles. The van der Waals surface area contributed by atoms with Crippen LogP contribution in [0.1, 0.15) is 54.5 Å². The van der Waals surface area contributed by atoms with Crippen LogP contribution in [0.5, 0.6) is 0 Å². The van der Waals surface area contributed by atoms with Crippen molar-refractivity contribution in [2.75, 3.05) is 11.5 Å². The summed E-state index contributed by atoms with van der Waals surface area (Å²) in [5.74, 6) is -1.95. The van der Waals surface area contributed by atoms with Gasteiger partial charge < -0.3 is 15.0 Å². The Morgan fingerprint density at radius 2 is 1.86 bits per heavy atom. The Kier molecular flexibility index (Phi) is 6.94. The molecule has 0 radical (unpaired) electrons. The highest BCUT2D eigenvalue weighted by atomic mass is 32.1. The van der Waals surface area contributed by atoms with Gasteiger partial charge in [0.15, 0.2) is 11.6 Å². The predicted molar refractivity (Wildman–Crippen MR) is 135 cm³/mol. The van der Waals surface area contributed by atoms with Crippen molar-refractivity contribution in [3.8, 4) is 11.8 Å². The smallest absolute Gasteiger partial charge is 0.359 e. The number of nitrogens with zero attached hydrogens (tertiary/aromatic N) is 4. The summed E-state index contributed by atoms with van der Waals surface area (Å²) in [6.07, 6.45) is 0.818. The number of nitriles is 1. The van der Waals surface area contributed by atoms with Crippen molar-refractivity contribution in [2.45, 2.75) is 32.9 Å². The Morgan fingerprint density at radius 1 is 1.17 bits per heavy atom. The van der Waals surface area contributed by atoms with Crippen LogP contribution in [0.15, 0.2) is 60.8 Å². The van der Waals surface area contributed by atoms with Crippen LogP contribution in [0.2, 0.25) is 0 Å². The summed E-state index contributed by atoms with van der Waals surface area (Å²) in [6.45, 7) is 6.07. The number of aromatic nitrogens is 2. The number of benzene rings is 2. The summed E-state index contributed by atoms with van der Waals surface area (Å²) in [5.41, 5.74) is 3.03. The van der Waals surface area contributed by atoms with E-state index in [1.807, 2.05) is 60.7 Å². The third-order valence-electron chi connectivity index (χ3n) is 5.78. The zero-order chi connectivity index (χ0) is 25.1. The van der Waals surface area contributed by atoms with E-state index in [0.29, 0.717) is 17.2 Å². The standard InChI is InChI=1S/C26H25N5O3S/c1-4-34-26(33)22-21(15-30(29-22)18-8-6-5-7-9-18)23-28-24(32)20(14-27)25(35)31(23)19-12-10-17(11-13-19)16(2)3/h5-13,15-16,20,23H,4H2,1-3H3,(H,28,32)/t20-,23-/m1/s1. The van der Waals surface area contributed by atoms with Gasteiger partial charge in [0, 0.05) is 17.4 Å². The molecular formula is C26H25N5O3S. The van der Waals surface area contributed by atoms with E-state index in [-0.39, 0.29) is 17.3 Å². The van der Waals surface area contributed by atoms with Crippen molar-refractivity contribution < 1.29 is 14.3 Å². The average molecular weight is 488 g/mol. The fraction of sp³-hybridized carbons (Fsp3) is 0.269. The van der Waals surface area contributed by atoms with Crippen LogP contribution >= 0.6 is 12.2 Å². The molecule has 9 heteroatoms. The zero-order valence-electron chi connectivity index (χ0n) is 19.6. The van der Waals surface area contributed by atoms with Gasteiger partial charge in [0.25, 0.3) is 0 Å². The summed E-state index contributed by atoms with van der Waals surface area (Å²) in [7, 11) is 0. The summed E-state index contributed by atoms with van der Waals surface area (Å²) in [5, 5.41) is 17.0. The highest BCUT2D eigenvalue weighted by Gasteiger charge is 2.42. The van der Waals surface area contributed by atoms with E-state index in [2.05, 4.69) is 24.3 Å². The van der Waals surface area contributed by atoms with Crippen molar-refractivity contribution in [3.63, 3.8) is 0 Å². The quantitative estimate of drug-likeness (QED) is 0.409. The molecule has 1 amide bonds. The fourth-order valence-electron chi connectivity index (χ4n) is 3.95. The molecule has 8 nitrogen and oxygen atoms in total. The second-order valence-electron chi connectivity index (χ2n) is 8.36. The summed E-state index contributed by atoms with van der Waals surface area (Å²) in [6, 6.07) is 19.0. The minimum atomic E-state index is -1.14. The normalized spacial score (nSPS) is 17.7. The lowest BCUT2D eigenvalue weighted by Crippen LogP contribution is -2.56. The topological polar surface area (TPSA) is 100 Å². The number of esters is 1. The van der Waals surface area contributed by atoms with E-state index in [4.69, 9.17) is 17.0 Å². The molecule has 0 aliphatic carbocycles. The van der Waals surface area contributed by atoms with Crippen LogP contribution in [0, 0.1) is 17.2 Å². The van der Waals surface area contributed by atoms with Crippen LogP contribution < -0.4 is 10.2 Å². The molecule has 1 fully saturated rings.